The molecule has 2 N–H and O–H groups in total. The van der Waals surface area contributed by atoms with Gasteiger partial charge in [0.15, 0.2) is 5.96 Å². The first kappa shape index (κ1) is 25.1. The first-order chi connectivity index (χ1) is 14.3. The number of rotatable bonds is 9. The molecule has 170 valence electrons. The molecule has 2 saturated heterocycles. The van der Waals surface area contributed by atoms with Crippen LogP contribution in [0.2, 0.25) is 0 Å². The van der Waals surface area contributed by atoms with Gasteiger partial charge in [-0.2, -0.15) is 0 Å². The van der Waals surface area contributed by atoms with Gasteiger partial charge in [0.2, 0.25) is 5.95 Å². The predicted molar refractivity (Wildman–Crippen MR) is 135 cm³/mol. The molecule has 1 atom stereocenters. The van der Waals surface area contributed by atoms with Gasteiger partial charge in [0.25, 0.3) is 0 Å². The Balaban J connectivity index is 0.00000320. The van der Waals surface area contributed by atoms with E-state index in [-0.39, 0.29) is 24.0 Å². The van der Waals surface area contributed by atoms with Crippen LogP contribution in [0.4, 0.5) is 5.95 Å². The summed E-state index contributed by atoms with van der Waals surface area (Å²) in [7, 11) is 0. The summed E-state index contributed by atoms with van der Waals surface area (Å²) >= 11 is 0. The summed E-state index contributed by atoms with van der Waals surface area (Å²) in [5.41, 5.74) is 0. The van der Waals surface area contributed by atoms with Crippen LogP contribution < -0.4 is 15.5 Å². The highest BCUT2D eigenvalue weighted by Crippen LogP contribution is 2.16. The van der Waals surface area contributed by atoms with Crippen molar-refractivity contribution < 1.29 is 0 Å². The van der Waals surface area contributed by atoms with E-state index in [1.165, 1.54) is 19.4 Å². The normalized spacial score (nSPS) is 20.8. The molecule has 9 heteroatoms. The van der Waals surface area contributed by atoms with Crippen molar-refractivity contribution in [1.29, 1.82) is 0 Å². The Labute approximate surface area is 198 Å². The number of hydrogen-bond acceptors (Lipinski definition) is 6. The van der Waals surface area contributed by atoms with Crippen molar-refractivity contribution >= 4 is 35.9 Å². The van der Waals surface area contributed by atoms with Crippen LogP contribution in [0, 0.1) is 0 Å². The van der Waals surface area contributed by atoms with Crippen LogP contribution in [0.5, 0.6) is 0 Å². The van der Waals surface area contributed by atoms with E-state index in [1.54, 1.807) is 0 Å². The van der Waals surface area contributed by atoms with Crippen LogP contribution in [0.15, 0.2) is 23.5 Å². The standard InChI is InChI=1S/C21H38N8.HI/c1-3-22-20(26-18-19-8-5-13-28(19)4-2)23-11-7-12-27-14-16-29(17-15-27)21-24-9-6-10-25-21;/h6,9-10,19H,3-5,7-8,11-18H2,1-2H3,(H2,22,23,26);1H. The van der Waals surface area contributed by atoms with Crippen molar-refractivity contribution in [2.24, 2.45) is 4.99 Å². The number of guanidine groups is 1. The van der Waals surface area contributed by atoms with Gasteiger partial charge in [-0.25, -0.2) is 9.97 Å². The SMILES string of the molecule is CCNC(=NCC1CCCN1CC)NCCCN1CCN(c2ncccn2)CC1.I. The number of nitrogens with zero attached hydrogens (tertiary/aromatic N) is 6. The minimum absolute atomic E-state index is 0. The highest BCUT2D eigenvalue weighted by Gasteiger charge is 2.22. The van der Waals surface area contributed by atoms with Gasteiger partial charge in [-0.15, -0.1) is 24.0 Å². The number of halogens is 1. The van der Waals surface area contributed by atoms with Gasteiger partial charge >= 0.3 is 0 Å². The third-order valence-corrected chi connectivity index (χ3v) is 5.86. The highest BCUT2D eigenvalue weighted by molar-refractivity contribution is 14.0. The largest absolute Gasteiger partial charge is 0.357 e. The second-order valence-electron chi connectivity index (χ2n) is 7.80. The Kier molecular flexibility index (Phi) is 11.7. The molecular formula is C21H39IN8. The van der Waals surface area contributed by atoms with E-state index >= 15 is 0 Å². The van der Waals surface area contributed by atoms with Gasteiger partial charge in [0.05, 0.1) is 6.54 Å². The zero-order chi connectivity index (χ0) is 20.3. The lowest BCUT2D eigenvalue weighted by atomic mass is 10.2. The number of aromatic nitrogens is 2. The Morgan fingerprint density at radius 3 is 2.57 bits per heavy atom. The highest BCUT2D eigenvalue weighted by atomic mass is 127. The Morgan fingerprint density at radius 1 is 1.10 bits per heavy atom. The molecule has 0 aromatic carbocycles. The molecular weight excluding hydrogens is 491 g/mol. The van der Waals surface area contributed by atoms with Crippen molar-refractivity contribution in [2.75, 3.05) is 70.3 Å². The fraction of sp³-hybridized carbons (Fsp3) is 0.762. The third kappa shape index (κ3) is 7.81. The molecule has 1 aromatic rings. The lowest BCUT2D eigenvalue weighted by molar-refractivity contribution is 0.254. The molecule has 0 aliphatic carbocycles. The van der Waals surface area contributed by atoms with Crippen LogP contribution in [0.3, 0.4) is 0 Å². The fourth-order valence-electron chi connectivity index (χ4n) is 4.19. The molecule has 8 nitrogen and oxygen atoms in total. The summed E-state index contributed by atoms with van der Waals surface area (Å²) in [5.74, 6) is 1.81. The predicted octanol–water partition coefficient (Wildman–Crippen LogP) is 1.65. The van der Waals surface area contributed by atoms with Crippen molar-refractivity contribution in [3.05, 3.63) is 18.5 Å². The molecule has 2 aliphatic heterocycles. The third-order valence-electron chi connectivity index (χ3n) is 5.86. The van der Waals surface area contributed by atoms with Crippen molar-refractivity contribution in [1.82, 2.24) is 30.4 Å². The molecule has 1 aromatic heterocycles. The minimum atomic E-state index is 0. The molecule has 0 radical (unpaired) electrons. The molecule has 2 fully saturated rings. The number of likely N-dealkylation sites (N-methyl/N-ethyl adjacent to an activating group) is 1. The first-order valence-corrected chi connectivity index (χ1v) is 11.3. The van der Waals surface area contributed by atoms with Gasteiger partial charge in [0, 0.05) is 57.7 Å². The van der Waals surface area contributed by atoms with Crippen molar-refractivity contribution in [3.63, 3.8) is 0 Å². The van der Waals surface area contributed by atoms with Gasteiger partial charge < -0.3 is 15.5 Å². The van der Waals surface area contributed by atoms with Crippen LogP contribution in [0.25, 0.3) is 0 Å². The fourth-order valence-corrected chi connectivity index (χ4v) is 4.19. The van der Waals surface area contributed by atoms with Crippen LogP contribution in [0.1, 0.15) is 33.1 Å². The molecule has 3 rings (SSSR count). The summed E-state index contributed by atoms with van der Waals surface area (Å²) < 4.78 is 0. The summed E-state index contributed by atoms with van der Waals surface area (Å²) in [6, 6.07) is 2.48. The molecule has 2 aliphatic rings. The maximum Gasteiger partial charge on any atom is 0.225 e. The molecule has 1 unspecified atom stereocenters. The number of aliphatic imine (C=N–C) groups is 1. The van der Waals surface area contributed by atoms with Crippen molar-refractivity contribution in [3.8, 4) is 0 Å². The van der Waals surface area contributed by atoms with Gasteiger partial charge in [0.1, 0.15) is 0 Å². The Hall–Kier alpha value is -1.20. The van der Waals surface area contributed by atoms with E-state index in [1.807, 2.05) is 18.5 Å². The van der Waals surface area contributed by atoms with E-state index in [0.717, 1.165) is 77.2 Å². The topological polar surface area (TPSA) is 71.9 Å². The lowest BCUT2D eigenvalue weighted by Gasteiger charge is -2.34. The molecule has 0 bridgehead atoms. The van der Waals surface area contributed by atoms with Gasteiger partial charge in [-0.05, 0) is 51.9 Å². The summed E-state index contributed by atoms with van der Waals surface area (Å²) in [6.07, 6.45) is 7.34. The number of likely N-dealkylation sites (tertiary alicyclic amines) is 1. The zero-order valence-electron chi connectivity index (χ0n) is 18.6. The summed E-state index contributed by atoms with van der Waals surface area (Å²) in [4.78, 5) is 20.9. The van der Waals surface area contributed by atoms with Crippen LogP contribution in [-0.2, 0) is 0 Å². The molecule has 0 saturated carbocycles. The number of nitrogens with one attached hydrogen (secondary N) is 2. The quantitative estimate of drug-likeness (QED) is 0.218. The van der Waals surface area contributed by atoms with E-state index in [0.29, 0.717) is 6.04 Å². The second-order valence-corrected chi connectivity index (χ2v) is 7.80. The number of anilines is 1. The lowest BCUT2D eigenvalue weighted by Crippen LogP contribution is -2.47. The van der Waals surface area contributed by atoms with Crippen molar-refractivity contribution in [2.45, 2.75) is 39.2 Å². The Morgan fingerprint density at radius 2 is 1.87 bits per heavy atom. The maximum atomic E-state index is 4.84. The summed E-state index contributed by atoms with van der Waals surface area (Å²) in [6.45, 7) is 14.7. The maximum absolute atomic E-state index is 4.84. The average molecular weight is 531 g/mol. The van der Waals surface area contributed by atoms with Gasteiger partial charge in [-0.1, -0.05) is 6.92 Å². The molecule has 30 heavy (non-hydrogen) atoms. The van der Waals surface area contributed by atoms with E-state index in [2.05, 4.69) is 49.1 Å². The van der Waals surface area contributed by atoms with E-state index in [9.17, 15) is 0 Å². The van der Waals surface area contributed by atoms with E-state index in [4.69, 9.17) is 4.99 Å². The van der Waals surface area contributed by atoms with E-state index < -0.39 is 0 Å². The molecule has 0 amide bonds. The van der Waals surface area contributed by atoms with Crippen LogP contribution in [-0.4, -0.2) is 97.2 Å². The average Bonchev–Trinajstić information content (AvgIpc) is 3.23. The minimum Gasteiger partial charge on any atom is -0.357 e. The summed E-state index contributed by atoms with van der Waals surface area (Å²) in [5, 5.41) is 6.90. The first-order valence-electron chi connectivity index (χ1n) is 11.3. The number of piperazine rings is 1. The molecule has 0 spiro atoms. The van der Waals surface area contributed by atoms with Crippen LogP contribution >= 0.6 is 24.0 Å². The monoisotopic (exact) mass is 530 g/mol. The Bertz CT molecular complexity index is 606. The second kappa shape index (κ2) is 14.0. The van der Waals surface area contributed by atoms with Gasteiger partial charge in [-0.3, -0.25) is 14.8 Å². The smallest absolute Gasteiger partial charge is 0.225 e. The number of hydrogen-bond donors (Lipinski definition) is 2. The zero-order valence-corrected chi connectivity index (χ0v) is 20.9. The molecule has 3 heterocycles.